The van der Waals surface area contributed by atoms with Crippen LogP contribution in [-0.2, 0) is 4.74 Å². The maximum absolute atomic E-state index is 11.5. The molecule has 1 amide bonds. The molecule has 0 aromatic carbocycles. The quantitative estimate of drug-likeness (QED) is 0.611. The monoisotopic (exact) mass is 184 g/mol. The van der Waals surface area contributed by atoms with Crippen LogP contribution in [0.25, 0.3) is 0 Å². The maximum atomic E-state index is 11.5. The fraction of sp³-hybridized carbons (Fsp3) is 0.889. The van der Waals surface area contributed by atoms with E-state index in [1.807, 2.05) is 13.8 Å². The number of hydrogen-bond acceptors (Lipinski definition) is 3. The van der Waals surface area contributed by atoms with Gasteiger partial charge in [-0.05, 0) is 26.2 Å². The normalized spacial score (nSPS) is 31.5. The molecule has 2 fully saturated rings. The first-order valence-electron chi connectivity index (χ1n) is 4.90. The van der Waals surface area contributed by atoms with E-state index in [0.717, 1.165) is 19.6 Å². The lowest BCUT2D eigenvalue weighted by atomic mass is 10.1. The number of carbonyl (C=O) groups excluding carboxylic acids is 1. The second-order valence-electron chi connectivity index (χ2n) is 4.08. The Morgan fingerprint density at radius 2 is 2.23 bits per heavy atom. The summed E-state index contributed by atoms with van der Waals surface area (Å²) in [6, 6.07) is 0. The summed E-state index contributed by atoms with van der Waals surface area (Å²) in [6.07, 6.45) is 1.02. The molecule has 2 aliphatic rings. The molecule has 0 aliphatic carbocycles. The molecule has 0 saturated carbocycles. The van der Waals surface area contributed by atoms with Gasteiger partial charge in [-0.2, -0.15) is 0 Å². The van der Waals surface area contributed by atoms with Gasteiger partial charge in [0, 0.05) is 19.6 Å². The van der Waals surface area contributed by atoms with Gasteiger partial charge in [-0.3, -0.25) is 0 Å². The predicted octanol–water partition coefficient (Wildman–Crippen LogP) is 1.08. The van der Waals surface area contributed by atoms with Crippen molar-refractivity contribution >= 4 is 6.09 Å². The first kappa shape index (κ1) is 8.81. The fourth-order valence-electron chi connectivity index (χ4n) is 1.99. The van der Waals surface area contributed by atoms with E-state index >= 15 is 0 Å². The average Bonchev–Trinajstić information content (AvgIpc) is 2.62. The summed E-state index contributed by atoms with van der Waals surface area (Å²) in [5.41, 5.74) is 0. The van der Waals surface area contributed by atoms with Gasteiger partial charge < -0.3 is 4.74 Å². The van der Waals surface area contributed by atoms with Crippen LogP contribution in [0.1, 0.15) is 20.3 Å². The molecule has 2 saturated heterocycles. The van der Waals surface area contributed by atoms with Gasteiger partial charge in [-0.15, -0.1) is 0 Å². The first-order chi connectivity index (χ1) is 6.16. The number of hydrazine groups is 1. The molecule has 2 aliphatic heterocycles. The molecule has 2 heterocycles. The summed E-state index contributed by atoms with van der Waals surface area (Å²) in [6.45, 7) is 6.65. The Kier molecular flexibility index (Phi) is 2.15. The van der Waals surface area contributed by atoms with E-state index in [-0.39, 0.29) is 12.2 Å². The van der Waals surface area contributed by atoms with Crippen molar-refractivity contribution in [2.75, 3.05) is 19.6 Å². The molecule has 2 rings (SSSR count). The Morgan fingerprint density at radius 1 is 1.46 bits per heavy atom. The first-order valence-corrected chi connectivity index (χ1v) is 4.90. The number of nitrogens with zero attached hydrogens (tertiary/aromatic N) is 2. The Morgan fingerprint density at radius 3 is 2.69 bits per heavy atom. The second kappa shape index (κ2) is 3.18. The van der Waals surface area contributed by atoms with Crippen LogP contribution in [0.4, 0.5) is 4.79 Å². The van der Waals surface area contributed by atoms with Gasteiger partial charge in [0.15, 0.2) is 0 Å². The minimum atomic E-state index is -0.183. The zero-order valence-electron chi connectivity index (χ0n) is 8.19. The largest absolute Gasteiger partial charge is 0.446 e. The number of fused-ring (bicyclic) bond motifs is 2. The van der Waals surface area contributed by atoms with E-state index < -0.39 is 0 Å². The molecule has 4 heteroatoms. The Bertz CT molecular complexity index is 218. The van der Waals surface area contributed by atoms with Crippen molar-refractivity contribution in [1.29, 1.82) is 0 Å². The van der Waals surface area contributed by atoms with Crippen LogP contribution in [0.2, 0.25) is 0 Å². The number of rotatable bonds is 1. The summed E-state index contributed by atoms with van der Waals surface area (Å²) in [4.78, 5) is 11.5. The number of hydrogen-bond donors (Lipinski definition) is 0. The van der Waals surface area contributed by atoms with Crippen LogP contribution in [0, 0.1) is 5.92 Å². The molecule has 0 radical (unpaired) electrons. The van der Waals surface area contributed by atoms with Crippen LogP contribution in [0.5, 0.6) is 0 Å². The molecule has 2 bridgehead atoms. The van der Waals surface area contributed by atoms with Gasteiger partial charge in [-0.25, -0.2) is 14.8 Å². The molecule has 0 spiro atoms. The Hall–Kier alpha value is -0.770. The Balaban J connectivity index is 1.91. The number of carbonyl (C=O) groups is 1. The molecule has 0 aromatic heterocycles. The molecular weight excluding hydrogens is 168 g/mol. The van der Waals surface area contributed by atoms with E-state index in [9.17, 15) is 4.79 Å². The second-order valence-corrected chi connectivity index (χ2v) is 4.08. The lowest BCUT2D eigenvalue weighted by Crippen LogP contribution is -2.43. The highest BCUT2D eigenvalue weighted by Crippen LogP contribution is 2.27. The molecule has 0 aromatic rings. The molecule has 0 N–H and O–H groups in total. The summed E-state index contributed by atoms with van der Waals surface area (Å²) in [5.74, 6) is 0.680. The van der Waals surface area contributed by atoms with E-state index in [1.165, 1.54) is 6.42 Å². The molecule has 2 atom stereocenters. The third-order valence-corrected chi connectivity index (χ3v) is 2.58. The van der Waals surface area contributed by atoms with Gasteiger partial charge in [-0.1, -0.05) is 0 Å². The van der Waals surface area contributed by atoms with Crippen LogP contribution >= 0.6 is 0 Å². The maximum Gasteiger partial charge on any atom is 0.424 e. The summed E-state index contributed by atoms with van der Waals surface area (Å²) >= 11 is 0. The minimum absolute atomic E-state index is 0.0205. The van der Waals surface area contributed by atoms with Gasteiger partial charge >= 0.3 is 6.09 Å². The van der Waals surface area contributed by atoms with Crippen molar-refractivity contribution in [3.05, 3.63) is 0 Å². The van der Waals surface area contributed by atoms with Gasteiger partial charge in [0.2, 0.25) is 0 Å². The summed E-state index contributed by atoms with van der Waals surface area (Å²) in [5, 5.41) is 3.84. The SMILES string of the molecule is CC(C)OC(=O)N1CC2CCN1C2. The third kappa shape index (κ3) is 1.63. The van der Waals surface area contributed by atoms with Crippen molar-refractivity contribution in [3.8, 4) is 0 Å². The average molecular weight is 184 g/mol. The van der Waals surface area contributed by atoms with Crippen molar-refractivity contribution < 1.29 is 9.53 Å². The van der Waals surface area contributed by atoms with Crippen LogP contribution in [-0.4, -0.2) is 41.8 Å². The van der Waals surface area contributed by atoms with Crippen molar-refractivity contribution in [3.63, 3.8) is 0 Å². The van der Waals surface area contributed by atoms with Crippen molar-refractivity contribution in [2.45, 2.75) is 26.4 Å². The van der Waals surface area contributed by atoms with Crippen molar-refractivity contribution in [2.24, 2.45) is 5.92 Å². The zero-order chi connectivity index (χ0) is 9.42. The molecule has 4 nitrogen and oxygen atoms in total. The lowest BCUT2D eigenvalue weighted by Gasteiger charge is -2.28. The van der Waals surface area contributed by atoms with Gasteiger partial charge in [0.25, 0.3) is 0 Å². The van der Waals surface area contributed by atoms with Crippen molar-refractivity contribution in [1.82, 2.24) is 10.0 Å². The lowest BCUT2D eigenvalue weighted by molar-refractivity contribution is -0.00154. The number of amides is 1. The molecular formula is C9H16N2O2. The van der Waals surface area contributed by atoms with E-state index in [2.05, 4.69) is 5.01 Å². The summed E-state index contributed by atoms with van der Waals surface area (Å²) in [7, 11) is 0. The third-order valence-electron chi connectivity index (χ3n) is 2.58. The van der Waals surface area contributed by atoms with Crippen LogP contribution in [0.3, 0.4) is 0 Å². The molecule has 13 heavy (non-hydrogen) atoms. The molecule has 74 valence electrons. The van der Waals surface area contributed by atoms with E-state index in [0.29, 0.717) is 5.92 Å². The predicted molar refractivity (Wildman–Crippen MR) is 48.0 cm³/mol. The van der Waals surface area contributed by atoms with Gasteiger partial charge in [0.1, 0.15) is 0 Å². The minimum Gasteiger partial charge on any atom is -0.446 e. The van der Waals surface area contributed by atoms with Gasteiger partial charge in [0.05, 0.1) is 6.10 Å². The standard InChI is InChI=1S/C9H16N2O2/c1-7(2)13-9(12)11-6-8-3-4-10(11)5-8/h7-8H,3-6H2,1-2H3. The molecule has 2 unspecified atom stereocenters. The highest BCUT2D eigenvalue weighted by Gasteiger charge is 2.39. The summed E-state index contributed by atoms with van der Waals surface area (Å²) < 4.78 is 5.13. The fourth-order valence-corrected chi connectivity index (χ4v) is 1.99. The Labute approximate surface area is 78.4 Å². The van der Waals surface area contributed by atoms with E-state index in [4.69, 9.17) is 4.74 Å². The highest BCUT2D eigenvalue weighted by molar-refractivity contribution is 5.67. The van der Waals surface area contributed by atoms with E-state index in [1.54, 1.807) is 5.01 Å². The smallest absolute Gasteiger partial charge is 0.424 e. The van der Waals surface area contributed by atoms with Crippen LogP contribution in [0.15, 0.2) is 0 Å². The van der Waals surface area contributed by atoms with Crippen LogP contribution < -0.4 is 0 Å². The highest BCUT2D eigenvalue weighted by atomic mass is 16.6. The zero-order valence-corrected chi connectivity index (χ0v) is 8.19. The number of ether oxygens (including phenoxy) is 1. The topological polar surface area (TPSA) is 32.8 Å².